The van der Waals surface area contributed by atoms with Gasteiger partial charge in [-0.05, 0) is 5.92 Å². The molecule has 82 valence electrons. The van der Waals surface area contributed by atoms with Crippen molar-refractivity contribution in [3.63, 3.8) is 0 Å². The van der Waals surface area contributed by atoms with Gasteiger partial charge in [-0.15, -0.1) is 5.16 Å². The van der Waals surface area contributed by atoms with Crippen molar-refractivity contribution >= 4 is 26.8 Å². The minimum absolute atomic E-state index is 0.0336. The first kappa shape index (κ1) is 12.2. The van der Waals surface area contributed by atoms with Crippen molar-refractivity contribution in [2.45, 2.75) is 20.5 Å². The zero-order valence-corrected chi connectivity index (χ0v) is 11.0. The summed E-state index contributed by atoms with van der Waals surface area (Å²) in [6.07, 6.45) is 0. The van der Waals surface area contributed by atoms with Crippen molar-refractivity contribution in [3.8, 4) is 0 Å². The topological polar surface area (TPSA) is 52.3 Å². The quantitative estimate of drug-likeness (QED) is 0.547. The molecule has 0 bridgehead atoms. The van der Waals surface area contributed by atoms with Gasteiger partial charge in [-0.1, -0.05) is 13.8 Å². The predicted molar refractivity (Wildman–Crippen MR) is 54.6 cm³/mol. The van der Waals surface area contributed by atoms with Gasteiger partial charge in [-0.25, -0.2) is 9.18 Å². The third kappa shape index (κ3) is 3.05. The smallest absolute Gasteiger partial charge is 0.342 e. The number of carbonyl (C=O) groups is 1. The zero-order valence-electron chi connectivity index (χ0n) is 9.04. The minimum Gasteiger partial charge on any atom is -0.462 e. The normalized spacial score (nSPS) is 10.7. The van der Waals surface area contributed by atoms with E-state index in [1.807, 2.05) is 13.8 Å². The number of alkyl halides is 1. The molecule has 6 heteroatoms. The number of carbonyl (C=O) groups excluding carboxylic acids is 1. The number of ether oxygens (including phenoxy) is 1. The van der Waals surface area contributed by atoms with Crippen LogP contribution in [0.5, 0.6) is 0 Å². The van der Waals surface area contributed by atoms with Crippen LogP contribution >= 0.6 is 0 Å². The van der Waals surface area contributed by atoms with E-state index in [-0.39, 0.29) is 17.2 Å². The lowest BCUT2D eigenvalue weighted by Crippen LogP contribution is -2.19. The van der Waals surface area contributed by atoms with Crippen LogP contribution in [0.3, 0.4) is 0 Å². The molecule has 1 aromatic rings. The molecule has 0 atom stereocenters. The highest BCUT2D eigenvalue weighted by Gasteiger charge is 2.21. The van der Waals surface area contributed by atoms with E-state index in [0.29, 0.717) is 27.5 Å². The number of nitrogens with zero attached hydrogens (tertiary/aromatic N) is 1. The van der Waals surface area contributed by atoms with E-state index in [4.69, 9.17) is 4.74 Å². The van der Waals surface area contributed by atoms with Crippen LogP contribution in [-0.2, 0) is 11.4 Å². The molecule has 0 aliphatic rings. The number of aromatic nitrogens is 1. The Morgan fingerprint density at radius 1 is 1.67 bits per heavy atom. The number of rotatable bonds is 4. The van der Waals surface area contributed by atoms with Crippen molar-refractivity contribution in [3.05, 3.63) is 11.3 Å². The molecule has 1 aromatic heterocycles. The van der Waals surface area contributed by atoms with E-state index in [1.165, 1.54) is 0 Å². The number of hydrogen-bond acceptors (Lipinski definition) is 4. The van der Waals surface area contributed by atoms with Gasteiger partial charge in [-0.2, -0.15) is 0 Å². The van der Waals surface area contributed by atoms with Crippen LogP contribution in [0, 0.1) is 5.92 Å². The number of esters is 1. The molecule has 0 saturated heterocycles. The minimum atomic E-state index is -0.832. The third-order valence-electron chi connectivity index (χ3n) is 1.81. The average molecular weight is 229 g/mol. The molecule has 0 aromatic carbocycles. The standard InChI is InChI=1S/C9H11FNO3.Al.2H/c1-6(2)5-13-9(12)7-4-11-14-8(7)3-10;;;/h6H,3,5H2,1-2H3;;;. The van der Waals surface area contributed by atoms with E-state index in [1.54, 1.807) is 0 Å². The Hall–Kier alpha value is -0.858. The van der Waals surface area contributed by atoms with Crippen LogP contribution in [0.1, 0.15) is 30.0 Å². The lowest BCUT2D eigenvalue weighted by molar-refractivity contribution is 0.0456. The van der Waals surface area contributed by atoms with Gasteiger partial charge in [0, 0.05) is 4.56 Å². The maximum absolute atomic E-state index is 12.4. The predicted octanol–water partition coefficient (Wildman–Crippen LogP) is 0.215. The molecule has 0 amide bonds. The van der Waals surface area contributed by atoms with Gasteiger partial charge in [0.25, 0.3) is 16.3 Å². The summed E-state index contributed by atoms with van der Waals surface area (Å²) in [5.74, 6) is -0.323. The molecule has 0 spiro atoms. The Labute approximate surface area is 95.2 Å². The molecule has 0 fully saturated rings. The van der Waals surface area contributed by atoms with Crippen LogP contribution < -0.4 is 4.56 Å². The molecule has 0 aliphatic carbocycles. The lowest BCUT2D eigenvalue weighted by atomic mass is 10.2. The first-order valence-corrected chi connectivity index (χ1v) is 5.74. The summed E-state index contributed by atoms with van der Waals surface area (Å²) in [6.45, 7) is 3.34. The van der Waals surface area contributed by atoms with E-state index in [2.05, 4.69) is 9.68 Å². The van der Waals surface area contributed by atoms with Gasteiger partial charge in [-0.3, -0.25) is 0 Å². The molecule has 15 heavy (non-hydrogen) atoms. The molecule has 1 rings (SSSR count). The molecule has 4 nitrogen and oxygen atoms in total. The van der Waals surface area contributed by atoms with Gasteiger partial charge >= 0.3 is 5.97 Å². The Bertz CT molecular complexity index is 351. The second-order valence-electron chi connectivity index (χ2n) is 3.69. The highest BCUT2D eigenvalue weighted by Crippen LogP contribution is 2.09. The second kappa shape index (κ2) is 5.29. The van der Waals surface area contributed by atoms with Gasteiger partial charge in [0.15, 0.2) is 12.4 Å². The second-order valence-corrected chi connectivity index (χ2v) is 4.64. The fraction of sp³-hybridized carbons (Fsp3) is 0.556. The Morgan fingerprint density at radius 2 is 2.33 bits per heavy atom. The SMILES string of the molecule is CC(C)COC(=O)c1[c]([AlH2])noc1CF. The maximum atomic E-state index is 12.4. The largest absolute Gasteiger partial charge is 0.462 e. The summed E-state index contributed by atoms with van der Waals surface area (Å²) in [6, 6.07) is 0. The van der Waals surface area contributed by atoms with Gasteiger partial charge in [0.05, 0.1) is 6.61 Å². The van der Waals surface area contributed by atoms with Crippen molar-refractivity contribution < 1.29 is 18.4 Å². The van der Waals surface area contributed by atoms with Crippen molar-refractivity contribution in [1.82, 2.24) is 5.16 Å². The van der Waals surface area contributed by atoms with Gasteiger partial charge in [0.2, 0.25) is 0 Å². The van der Waals surface area contributed by atoms with Crippen LogP contribution in [0.2, 0.25) is 0 Å². The van der Waals surface area contributed by atoms with E-state index >= 15 is 0 Å². The molecular formula is C9H13AlFNO3. The highest BCUT2D eigenvalue weighted by molar-refractivity contribution is 6.34. The fourth-order valence-corrected chi connectivity index (χ4v) is 1.66. The molecule has 0 saturated carbocycles. The first-order chi connectivity index (χ1) is 7.06. The molecule has 0 aliphatic heterocycles. The van der Waals surface area contributed by atoms with Crippen LogP contribution in [0.4, 0.5) is 4.39 Å². The maximum Gasteiger partial charge on any atom is 0.342 e. The summed E-state index contributed by atoms with van der Waals surface area (Å²) < 4.78 is 22.6. The summed E-state index contributed by atoms with van der Waals surface area (Å²) in [7, 11) is 0. The van der Waals surface area contributed by atoms with E-state index < -0.39 is 12.6 Å². The van der Waals surface area contributed by atoms with Crippen molar-refractivity contribution in [1.29, 1.82) is 0 Å². The third-order valence-corrected chi connectivity index (χ3v) is 2.49. The number of halogens is 1. The highest BCUT2D eigenvalue weighted by atomic mass is 27.0. The lowest BCUT2D eigenvalue weighted by Gasteiger charge is -2.06. The summed E-state index contributed by atoms with van der Waals surface area (Å²) in [5, 5.41) is 3.58. The van der Waals surface area contributed by atoms with Crippen molar-refractivity contribution in [2.75, 3.05) is 6.61 Å². The summed E-state index contributed by atoms with van der Waals surface area (Å²) >= 11 is 0.530. The molecule has 0 unspecified atom stereocenters. The van der Waals surface area contributed by atoms with E-state index in [0.717, 1.165) is 0 Å². The first-order valence-electron chi connectivity index (χ1n) is 4.74. The van der Waals surface area contributed by atoms with Gasteiger partial charge in [0.1, 0.15) is 5.56 Å². The fourth-order valence-electron chi connectivity index (χ4n) is 1.08. The Morgan fingerprint density at radius 3 is 2.87 bits per heavy atom. The molecule has 0 radical (unpaired) electrons. The van der Waals surface area contributed by atoms with Crippen LogP contribution in [0.25, 0.3) is 0 Å². The van der Waals surface area contributed by atoms with Crippen molar-refractivity contribution in [2.24, 2.45) is 5.92 Å². The summed E-state index contributed by atoms with van der Waals surface area (Å²) in [4.78, 5) is 11.5. The van der Waals surface area contributed by atoms with Crippen LogP contribution in [0.15, 0.2) is 4.52 Å². The molecule has 0 N–H and O–H groups in total. The monoisotopic (exact) mass is 229 g/mol. The zero-order chi connectivity index (χ0) is 11.4. The Kier molecular flexibility index (Phi) is 4.31. The molecular weight excluding hydrogens is 216 g/mol. The Balaban J connectivity index is 2.76. The number of hydrogen-bond donors (Lipinski definition) is 0. The molecule has 1 heterocycles. The average Bonchev–Trinajstić information content (AvgIpc) is 2.56. The van der Waals surface area contributed by atoms with Crippen LogP contribution in [-0.4, -0.2) is 34.0 Å². The van der Waals surface area contributed by atoms with Gasteiger partial charge < -0.3 is 9.26 Å². The summed E-state index contributed by atoms with van der Waals surface area (Å²) in [5.41, 5.74) is 0.171. The van der Waals surface area contributed by atoms with E-state index in [9.17, 15) is 9.18 Å².